The fourth-order valence-electron chi connectivity index (χ4n) is 5.95. The maximum atomic E-state index is 13.5. The topological polar surface area (TPSA) is 105 Å². The number of fused-ring (bicyclic) bond motifs is 5. The first-order chi connectivity index (χ1) is 18.7. The molecular formula is C29H29N5O4S. The molecule has 2 bridgehead atoms. The Hall–Kier alpha value is -4.18. The van der Waals surface area contributed by atoms with E-state index in [1.165, 1.54) is 0 Å². The van der Waals surface area contributed by atoms with Gasteiger partial charge in [0, 0.05) is 74.2 Å². The van der Waals surface area contributed by atoms with Gasteiger partial charge in [0.1, 0.15) is 5.69 Å². The Morgan fingerprint density at radius 1 is 0.974 bits per heavy atom. The number of pyridine rings is 2. The lowest BCUT2D eigenvalue weighted by atomic mass is 9.83. The molecular weight excluding hydrogens is 514 g/mol. The van der Waals surface area contributed by atoms with E-state index in [4.69, 9.17) is 0 Å². The van der Waals surface area contributed by atoms with E-state index in [2.05, 4.69) is 9.71 Å². The number of piperidine rings is 1. The van der Waals surface area contributed by atoms with Gasteiger partial charge in [-0.15, -0.1) is 0 Å². The van der Waals surface area contributed by atoms with Crippen LogP contribution in [0.1, 0.15) is 28.4 Å². The fraction of sp³-hybridized carbons (Fsp3) is 0.276. The number of anilines is 2. The van der Waals surface area contributed by atoms with Crippen molar-refractivity contribution in [1.29, 1.82) is 0 Å². The van der Waals surface area contributed by atoms with Gasteiger partial charge in [-0.1, -0.05) is 24.3 Å². The summed E-state index contributed by atoms with van der Waals surface area (Å²) in [4.78, 5) is 34.5. The molecule has 2 atom stereocenters. The smallest absolute Gasteiger partial charge is 0.275 e. The molecule has 0 unspecified atom stereocenters. The van der Waals surface area contributed by atoms with Crippen LogP contribution in [0.4, 0.5) is 11.4 Å². The van der Waals surface area contributed by atoms with Crippen LogP contribution >= 0.6 is 0 Å². The van der Waals surface area contributed by atoms with Crippen molar-refractivity contribution in [2.45, 2.75) is 23.8 Å². The van der Waals surface area contributed by atoms with E-state index in [1.54, 1.807) is 53.4 Å². The molecule has 1 N–H and O–H groups in total. The molecule has 0 saturated carbocycles. The summed E-state index contributed by atoms with van der Waals surface area (Å²) in [6.07, 6.45) is 4.09. The Labute approximate surface area is 226 Å². The molecule has 10 heteroatoms. The summed E-state index contributed by atoms with van der Waals surface area (Å²) in [6.45, 7) is 1.47. The van der Waals surface area contributed by atoms with Gasteiger partial charge in [-0.25, -0.2) is 8.42 Å². The molecule has 39 heavy (non-hydrogen) atoms. The average molecular weight is 544 g/mol. The van der Waals surface area contributed by atoms with E-state index in [-0.39, 0.29) is 33.9 Å². The van der Waals surface area contributed by atoms with E-state index in [0.29, 0.717) is 30.6 Å². The number of benzene rings is 2. The number of sulfonamides is 1. The molecule has 4 aromatic rings. The van der Waals surface area contributed by atoms with Crippen molar-refractivity contribution >= 4 is 38.1 Å². The molecule has 1 fully saturated rings. The fourth-order valence-corrected chi connectivity index (χ4v) is 7.23. The third-order valence-electron chi connectivity index (χ3n) is 7.67. The molecule has 0 spiro atoms. The summed E-state index contributed by atoms with van der Waals surface area (Å²) in [5.74, 6) is 0.0356. The molecule has 9 nitrogen and oxygen atoms in total. The van der Waals surface area contributed by atoms with E-state index < -0.39 is 10.0 Å². The molecule has 0 aliphatic carbocycles. The van der Waals surface area contributed by atoms with Gasteiger partial charge in [0.05, 0.1) is 10.5 Å². The van der Waals surface area contributed by atoms with E-state index in [9.17, 15) is 18.0 Å². The number of nitrogens with zero attached hydrogens (tertiary/aromatic N) is 4. The lowest BCUT2D eigenvalue weighted by Crippen LogP contribution is -2.49. The largest absolute Gasteiger partial charge is 0.377 e. The zero-order valence-electron chi connectivity index (χ0n) is 21.7. The zero-order valence-corrected chi connectivity index (χ0v) is 22.6. The number of hydrogen-bond acceptors (Lipinski definition) is 6. The highest BCUT2D eigenvalue weighted by Crippen LogP contribution is 2.36. The molecule has 0 radical (unpaired) electrons. The van der Waals surface area contributed by atoms with Crippen LogP contribution in [0.5, 0.6) is 0 Å². The second kappa shape index (κ2) is 9.53. The van der Waals surface area contributed by atoms with Gasteiger partial charge in [0.25, 0.3) is 21.5 Å². The van der Waals surface area contributed by atoms with Gasteiger partial charge in [0.15, 0.2) is 0 Å². The summed E-state index contributed by atoms with van der Waals surface area (Å²) >= 11 is 0. The first-order valence-corrected chi connectivity index (χ1v) is 14.4. The van der Waals surface area contributed by atoms with Crippen molar-refractivity contribution in [1.82, 2.24) is 14.5 Å². The molecule has 6 rings (SSSR count). The minimum absolute atomic E-state index is 0.000926. The summed E-state index contributed by atoms with van der Waals surface area (Å²) < 4.78 is 31.3. The number of rotatable bonds is 5. The lowest BCUT2D eigenvalue weighted by Gasteiger charge is -2.42. The highest BCUT2D eigenvalue weighted by molar-refractivity contribution is 7.93. The first kappa shape index (κ1) is 25.1. The van der Waals surface area contributed by atoms with Gasteiger partial charge < -0.3 is 14.4 Å². The summed E-state index contributed by atoms with van der Waals surface area (Å²) in [5.41, 5.74) is 1.92. The van der Waals surface area contributed by atoms with Crippen LogP contribution in [0.2, 0.25) is 0 Å². The summed E-state index contributed by atoms with van der Waals surface area (Å²) in [6, 6.07) is 17.5. The van der Waals surface area contributed by atoms with Crippen LogP contribution in [-0.4, -0.2) is 56.0 Å². The Morgan fingerprint density at radius 3 is 2.54 bits per heavy atom. The van der Waals surface area contributed by atoms with Crippen LogP contribution in [0.3, 0.4) is 0 Å². The maximum absolute atomic E-state index is 13.5. The third kappa shape index (κ3) is 4.44. The van der Waals surface area contributed by atoms with Crippen LogP contribution in [0.25, 0.3) is 10.8 Å². The van der Waals surface area contributed by atoms with Crippen molar-refractivity contribution in [3.05, 3.63) is 94.7 Å². The quantitative estimate of drug-likeness (QED) is 0.413. The summed E-state index contributed by atoms with van der Waals surface area (Å²) in [5, 5.41) is 1.40. The second-order valence-electron chi connectivity index (χ2n) is 10.5. The number of amides is 1. The Balaban J connectivity index is 1.30. The van der Waals surface area contributed by atoms with Crippen molar-refractivity contribution in [3.8, 4) is 0 Å². The lowest BCUT2D eigenvalue weighted by molar-refractivity contribution is 0.0594. The highest BCUT2D eigenvalue weighted by Gasteiger charge is 2.37. The standard InChI is InChI=1S/C29H29N5O4S/c1-32(2)26-9-3-8-23-22(26)7-4-10-27(23)39(37,38)31-24-11-12-25-21-14-19(17-34(25)29(24)36)16-33(18-21)28(35)20-6-5-13-30-15-20/h3-13,15,19,21,31H,14,16-18H2,1-2H3/t19-,21+/m0/s1. The van der Waals surface area contributed by atoms with Gasteiger partial charge in [-0.05, 0) is 48.7 Å². The minimum Gasteiger partial charge on any atom is -0.377 e. The number of aromatic nitrogens is 2. The van der Waals surface area contributed by atoms with Gasteiger partial charge in [0.2, 0.25) is 0 Å². The maximum Gasteiger partial charge on any atom is 0.275 e. The summed E-state index contributed by atoms with van der Waals surface area (Å²) in [7, 11) is -0.225. The van der Waals surface area contributed by atoms with Gasteiger partial charge in [-0.2, -0.15) is 0 Å². The van der Waals surface area contributed by atoms with Crippen LogP contribution in [-0.2, 0) is 16.6 Å². The predicted octanol–water partition coefficient (Wildman–Crippen LogP) is 3.52. The number of hydrogen-bond donors (Lipinski definition) is 1. The molecule has 2 aliphatic heterocycles. The van der Waals surface area contributed by atoms with Crippen LogP contribution < -0.4 is 15.2 Å². The SMILES string of the molecule is CN(C)c1cccc2c(S(=O)(=O)Nc3ccc4n(c3=O)C[C@H]3C[C@@H]4CN(C(=O)c4cccnc4)C3)cccc12. The number of carbonyl (C=O) groups excluding carboxylic acids is 1. The van der Waals surface area contributed by atoms with E-state index in [0.717, 1.165) is 23.2 Å². The predicted molar refractivity (Wildman–Crippen MR) is 151 cm³/mol. The second-order valence-corrected chi connectivity index (χ2v) is 12.1. The number of carbonyl (C=O) groups is 1. The molecule has 2 aromatic carbocycles. The van der Waals surface area contributed by atoms with Gasteiger partial charge in [-0.3, -0.25) is 19.3 Å². The molecule has 200 valence electrons. The highest BCUT2D eigenvalue weighted by atomic mass is 32.2. The minimum atomic E-state index is -4.04. The number of likely N-dealkylation sites (tertiary alicyclic amines) is 1. The zero-order chi connectivity index (χ0) is 27.3. The molecule has 1 saturated heterocycles. The van der Waals surface area contributed by atoms with Crippen LogP contribution in [0, 0.1) is 5.92 Å². The van der Waals surface area contributed by atoms with Crippen molar-refractivity contribution < 1.29 is 13.2 Å². The first-order valence-electron chi connectivity index (χ1n) is 12.9. The normalized spacial score (nSPS) is 18.5. The Bertz CT molecular complexity index is 1750. The van der Waals surface area contributed by atoms with Crippen molar-refractivity contribution in [3.63, 3.8) is 0 Å². The molecule has 2 aromatic heterocycles. The Morgan fingerprint density at radius 2 is 1.77 bits per heavy atom. The van der Waals surface area contributed by atoms with Crippen molar-refractivity contribution in [2.75, 3.05) is 36.8 Å². The molecule has 1 amide bonds. The van der Waals surface area contributed by atoms with Crippen LogP contribution in [0.15, 0.2) is 82.7 Å². The van der Waals surface area contributed by atoms with E-state index >= 15 is 0 Å². The third-order valence-corrected chi connectivity index (χ3v) is 9.10. The monoisotopic (exact) mass is 543 g/mol. The Kier molecular flexibility index (Phi) is 6.14. The molecule has 4 heterocycles. The average Bonchev–Trinajstić information content (AvgIpc) is 2.94. The number of nitrogens with one attached hydrogen (secondary N) is 1. The molecule has 2 aliphatic rings. The van der Waals surface area contributed by atoms with Crippen molar-refractivity contribution in [2.24, 2.45) is 5.92 Å². The van der Waals surface area contributed by atoms with E-state index in [1.807, 2.05) is 48.2 Å². The van der Waals surface area contributed by atoms with Gasteiger partial charge >= 0.3 is 0 Å².